The van der Waals surface area contributed by atoms with Crippen molar-refractivity contribution in [2.45, 2.75) is 45.0 Å². The van der Waals surface area contributed by atoms with Crippen molar-refractivity contribution in [2.24, 2.45) is 0 Å². The van der Waals surface area contributed by atoms with Gasteiger partial charge < -0.3 is 5.32 Å². The van der Waals surface area contributed by atoms with Gasteiger partial charge in [-0.25, -0.2) is 0 Å². The van der Waals surface area contributed by atoms with Crippen LogP contribution in [-0.4, -0.2) is 27.3 Å². The highest BCUT2D eigenvalue weighted by Gasteiger charge is 2.21. The highest BCUT2D eigenvalue weighted by molar-refractivity contribution is 8.00. The van der Waals surface area contributed by atoms with E-state index in [-0.39, 0.29) is 10.8 Å². The fraction of sp³-hybridized carbons (Fsp3) is 0.750. The maximum atomic E-state index is 6.21. The van der Waals surface area contributed by atoms with Crippen molar-refractivity contribution in [1.29, 1.82) is 0 Å². The molecule has 0 bridgehead atoms. The van der Waals surface area contributed by atoms with Crippen LogP contribution < -0.4 is 5.32 Å². The molecule has 1 aromatic heterocycles. The molecule has 0 amide bonds. The third-order valence-corrected chi connectivity index (χ3v) is 4.15. The molecule has 0 aliphatic carbocycles. The van der Waals surface area contributed by atoms with Crippen LogP contribution in [0.3, 0.4) is 0 Å². The van der Waals surface area contributed by atoms with E-state index in [1.807, 2.05) is 23.5 Å². The van der Waals surface area contributed by atoms with Gasteiger partial charge in [-0.1, -0.05) is 32.4 Å². The number of thioether (sulfide) groups is 1. The maximum Gasteiger partial charge on any atom is 0.0834 e. The van der Waals surface area contributed by atoms with Gasteiger partial charge in [-0.15, -0.1) is 0 Å². The monoisotopic (exact) mass is 275 g/mol. The standard InChI is InChI=1S/C12H22ClN3S/c1-6-16-11(9(13)7-15-16)10(14-5)8-17-12(2,3)4/h7,10,14H,6,8H2,1-5H3. The number of halogens is 1. The highest BCUT2D eigenvalue weighted by atomic mass is 35.5. The molecule has 0 saturated heterocycles. The van der Waals surface area contributed by atoms with Gasteiger partial charge in [-0.05, 0) is 14.0 Å². The molecule has 1 heterocycles. The van der Waals surface area contributed by atoms with Crippen molar-refractivity contribution in [1.82, 2.24) is 15.1 Å². The lowest BCUT2D eigenvalue weighted by Crippen LogP contribution is -2.24. The second kappa shape index (κ2) is 6.12. The van der Waals surface area contributed by atoms with Crippen molar-refractivity contribution in [3.63, 3.8) is 0 Å². The minimum atomic E-state index is 0.245. The summed E-state index contributed by atoms with van der Waals surface area (Å²) in [4.78, 5) is 0. The first-order valence-corrected chi connectivity index (χ1v) is 7.27. The van der Waals surface area contributed by atoms with Crippen molar-refractivity contribution in [2.75, 3.05) is 12.8 Å². The van der Waals surface area contributed by atoms with E-state index in [0.29, 0.717) is 0 Å². The number of aryl methyl sites for hydroxylation is 1. The Labute approximate surface area is 113 Å². The Kier molecular flexibility index (Phi) is 5.35. The lowest BCUT2D eigenvalue weighted by Gasteiger charge is -2.23. The average Bonchev–Trinajstić information content (AvgIpc) is 2.60. The summed E-state index contributed by atoms with van der Waals surface area (Å²) in [5, 5.41) is 8.36. The van der Waals surface area contributed by atoms with Gasteiger partial charge in [0.15, 0.2) is 0 Å². The molecule has 17 heavy (non-hydrogen) atoms. The average molecular weight is 276 g/mol. The van der Waals surface area contributed by atoms with Gasteiger partial charge in [0.25, 0.3) is 0 Å². The molecular weight excluding hydrogens is 254 g/mol. The summed E-state index contributed by atoms with van der Waals surface area (Å²) in [6.45, 7) is 9.60. The van der Waals surface area contributed by atoms with Gasteiger partial charge >= 0.3 is 0 Å². The third kappa shape index (κ3) is 4.19. The highest BCUT2D eigenvalue weighted by Crippen LogP contribution is 2.30. The Bertz CT molecular complexity index is 357. The summed E-state index contributed by atoms with van der Waals surface area (Å²) in [6, 6.07) is 0.245. The molecule has 3 nitrogen and oxygen atoms in total. The molecule has 0 fully saturated rings. The Morgan fingerprint density at radius 2 is 2.18 bits per heavy atom. The lowest BCUT2D eigenvalue weighted by atomic mass is 10.2. The Morgan fingerprint density at radius 3 is 2.65 bits per heavy atom. The fourth-order valence-corrected chi connectivity index (χ4v) is 2.87. The fourth-order valence-electron chi connectivity index (χ4n) is 1.60. The summed E-state index contributed by atoms with van der Waals surface area (Å²) in [5.41, 5.74) is 1.09. The second-order valence-electron chi connectivity index (χ2n) is 4.96. The quantitative estimate of drug-likeness (QED) is 0.894. The predicted molar refractivity (Wildman–Crippen MR) is 76.9 cm³/mol. The van der Waals surface area contributed by atoms with E-state index < -0.39 is 0 Å². The van der Waals surface area contributed by atoms with Crippen LogP contribution in [0.15, 0.2) is 6.20 Å². The first kappa shape index (κ1) is 14.9. The zero-order chi connectivity index (χ0) is 13.1. The summed E-state index contributed by atoms with van der Waals surface area (Å²) >= 11 is 8.14. The van der Waals surface area contributed by atoms with Crippen LogP contribution in [0.2, 0.25) is 5.02 Å². The third-order valence-electron chi connectivity index (χ3n) is 2.49. The van der Waals surface area contributed by atoms with E-state index in [4.69, 9.17) is 11.6 Å². The summed E-state index contributed by atoms with van der Waals surface area (Å²) < 4.78 is 2.23. The smallest absolute Gasteiger partial charge is 0.0834 e. The molecule has 1 aromatic rings. The molecule has 1 N–H and O–H groups in total. The van der Waals surface area contributed by atoms with Gasteiger partial charge in [0.1, 0.15) is 0 Å². The van der Waals surface area contributed by atoms with E-state index in [2.05, 4.69) is 38.1 Å². The van der Waals surface area contributed by atoms with Gasteiger partial charge in [-0.2, -0.15) is 16.9 Å². The zero-order valence-electron chi connectivity index (χ0n) is 11.2. The first-order chi connectivity index (χ1) is 7.89. The van der Waals surface area contributed by atoms with Crippen LogP contribution in [0, 0.1) is 0 Å². The minimum Gasteiger partial charge on any atom is -0.311 e. The number of nitrogens with zero attached hydrogens (tertiary/aromatic N) is 2. The summed E-state index contributed by atoms with van der Waals surface area (Å²) in [5.74, 6) is 0.991. The second-order valence-corrected chi connectivity index (χ2v) is 7.21. The molecule has 0 radical (unpaired) electrons. The molecule has 0 aliphatic rings. The molecule has 98 valence electrons. The molecule has 0 spiro atoms. The number of hydrogen-bond acceptors (Lipinski definition) is 3. The number of aromatic nitrogens is 2. The van der Waals surface area contributed by atoms with Crippen LogP contribution in [0.1, 0.15) is 39.4 Å². The van der Waals surface area contributed by atoms with Crippen molar-refractivity contribution in [3.8, 4) is 0 Å². The molecule has 0 saturated carbocycles. The van der Waals surface area contributed by atoms with Crippen LogP contribution >= 0.6 is 23.4 Å². The minimum absolute atomic E-state index is 0.245. The zero-order valence-corrected chi connectivity index (χ0v) is 12.8. The summed E-state index contributed by atoms with van der Waals surface area (Å²) in [7, 11) is 1.97. The molecule has 1 unspecified atom stereocenters. The Morgan fingerprint density at radius 1 is 1.53 bits per heavy atom. The lowest BCUT2D eigenvalue weighted by molar-refractivity contribution is 0.548. The Balaban J connectivity index is 2.82. The van der Waals surface area contributed by atoms with E-state index >= 15 is 0 Å². The van der Waals surface area contributed by atoms with E-state index in [1.165, 1.54) is 0 Å². The summed E-state index contributed by atoms with van der Waals surface area (Å²) in [6.07, 6.45) is 1.73. The molecule has 1 rings (SSSR count). The van der Waals surface area contributed by atoms with Gasteiger partial charge in [0.2, 0.25) is 0 Å². The molecule has 1 atom stereocenters. The molecule has 5 heteroatoms. The van der Waals surface area contributed by atoms with Crippen molar-refractivity contribution in [3.05, 3.63) is 16.9 Å². The van der Waals surface area contributed by atoms with Crippen molar-refractivity contribution < 1.29 is 0 Å². The van der Waals surface area contributed by atoms with Crippen molar-refractivity contribution >= 4 is 23.4 Å². The van der Waals surface area contributed by atoms with Gasteiger partial charge in [0, 0.05) is 17.0 Å². The number of rotatable bonds is 5. The number of hydrogen-bond donors (Lipinski definition) is 1. The molecular formula is C12H22ClN3S. The topological polar surface area (TPSA) is 29.9 Å². The van der Waals surface area contributed by atoms with E-state index in [0.717, 1.165) is 23.0 Å². The molecule has 0 aliphatic heterocycles. The van der Waals surface area contributed by atoms with Crippen LogP contribution in [0.4, 0.5) is 0 Å². The van der Waals surface area contributed by atoms with E-state index in [1.54, 1.807) is 6.20 Å². The van der Waals surface area contributed by atoms with Gasteiger partial charge in [0.05, 0.1) is 23.0 Å². The first-order valence-electron chi connectivity index (χ1n) is 5.91. The maximum absolute atomic E-state index is 6.21. The van der Waals surface area contributed by atoms with Gasteiger partial charge in [-0.3, -0.25) is 4.68 Å². The van der Waals surface area contributed by atoms with Crippen LogP contribution in [0.5, 0.6) is 0 Å². The Hall–Kier alpha value is -0.190. The largest absolute Gasteiger partial charge is 0.311 e. The van der Waals surface area contributed by atoms with Crippen LogP contribution in [-0.2, 0) is 6.54 Å². The number of nitrogens with one attached hydrogen (secondary N) is 1. The SMILES string of the molecule is CCn1ncc(Cl)c1C(CSC(C)(C)C)NC. The predicted octanol–water partition coefficient (Wildman–Crippen LogP) is 3.35. The van der Waals surface area contributed by atoms with E-state index in [9.17, 15) is 0 Å². The molecule has 0 aromatic carbocycles. The normalized spacial score (nSPS) is 14.0. The van der Waals surface area contributed by atoms with Crippen LogP contribution in [0.25, 0.3) is 0 Å².